The predicted molar refractivity (Wildman–Crippen MR) is 86.3 cm³/mol. The van der Waals surface area contributed by atoms with Crippen LogP contribution in [0.15, 0.2) is 36.7 Å². The first-order valence-corrected chi connectivity index (χ1v) is 7.37. The highest BCUT2D eigenvalue weighted by atomic mass is 16.5. The second-order valence-electron chi connectivity index (χ2n) is 4.71. The van der Waals surface area contributed by atoms with E-state index >= 15 is 0 Å². The van der Waals surface area contributed by atoms with E-state index in [1.54, 1.807) is 6.33 Å². The molecule has 5 nitrogen and oxygen atoms in total. The van der Waals surface area contributed by atoms with E-state index in [1.807, 2.05) is 30.3 Å². The van der Waals surface area contributed by atoms with Crippen molar-refractivity contribution in [2.24, 2.45) is 0 Å². The Morgan fingerprint density at radius 2 is 1.76 bits per heavy atom. The maximum atomic E-state index is 5.56. The minimum atomic E-state index is 0.741. The van der Waals surface area contributed by atoms with Crippen LogP contribution in [0, 0.1) is 0 Å². The molecule has 0 aliphatic rings. The summed E-state index contributed by atoms with van der Waals surface area (Å²) < 4.78 is 5.56. The van der Waals surface area contributed by atoms with Gasteiger partial charge in [-0.15, -0.1) is 0 Å². The zero-order valence-corrected chi connectivity index (χ0v) is 12.6. The molecule has 2 rings (SSSR count). The Morgan fingerprint density at radius 1 is 1.00 bits per heavy atom. The highest BCUT2D eigenvalue weighted by molar-refractivity contribution is 5.59. The third-order valence-electron chi connectivity index (χ3n) is 2.82. The predicted octanol–water partition coefficient (Wildman–Crippen LogP) is 3.83. The Morgan fingerprint density at radius 3 is 2.48 bits per heavy atom. The van der Waals surface area contributed by atoms with Gasteiger partial charge in [0.2, 0.25) is 0 Å². The van der Waals surface area contributed by atoms with Gasteiger partial charge in [0.25, 0.3) is 0 Å². The van der Waals surface area contributed by atoms with Crippen molar-refractivity contribution >= 4 is 17.3 Å². The molecule has 0 aliphatic heterocycles. The van der Waals surface area contributed by atoms with E-state index in [0.717, 1.165) is 49.1 Å². The molecule has 5 heteroatoms. The number of anilines is 3. The molecular formula is C16H22N4O. The molecule has 112 valence electrons. The fraction of sp³-hybridized carbons (Fsp3) is 0.375. The van der Waals surface area contributed by atoms with Gasteiger partial charge in [0, 0.05) is 18.3 Å². The molecule has 0 bridgehead atoms. The fourth-order valence-corrected chi connectivity index (χ4v) is 1.78. The van der Waals surface area contributed by atoms with Crippen LogP contribution >= 0.6 is 0 Å². The normalized spacial score (nSPS) is 10.2. The number of benzene rings is 1. The quantitative estimate of drug-likeness (QED) is 0.772. The molecule has 0 radical (unpaired) electrons. The SMILES string of the molecule is CCCNc1cc(Nc2ccc(OCCC)cc2)ncn1. The summed E-state index contributed by atoms with van der Waals surface area (Å²) in [5.41, 5.74) is 0.971. The molecule has 1 aromatic carbocycles. The molecule has 0 spiro atoms. The van der Waals surface area contributed by atoms with Crippen LogP contribution in [0.25, 0.3) is 0 Å². The lowest BCUT2D eigenvalue weighted by Gasteiger charge is -2.09. The van der Waals surface area contributed by atoms with Crippen LogP contribution in [-0.4, -0.2) is 23.1 Å². The Labute approximate surface area is 125 Å². The van der Waals surface area contributed by atoms with E-state index in [2.05, 4.69) is 34.4 Å². The number of hydrogen-bond donors (Lipinski definition) is 2. The first kappa shape index (κ1) is 15.1. The van der Waals surface area contributed by atoms with E-state index in [0.29, 0.717) is 0 Å². The Balaban J connectivity index is 1.97. The smallest absolute Gasteiger partial charge is 0.135 e. The summed E-state index contributed by atoms with van der Waals surface area (Å²) in [6.45, 7) is 5.86. The molecule has 0 saturated carbocycles. The number of hydrogen-bond acceptors (Lipinski definition) is 5. The van der Waals surface area contributed by atoms with Crippen molar-refractivity contribution in [1.82, 2.24) is 9.97 Å². The molecule has 0 aliphatic carbocycles. The zero-order valence-electron chi connectivity index (χ0n) is 12.6. The van der Waals surface area contributed by atoms with Gasteiger partial charge in [-0.25, -0.2) is 9.97 Å². The van der Waals surface area contributed by atoms with E-state index < -0.39 is 0 Å². The lowest BCUT2D eigenvalue weighted by molar-refractivity contribution is 0.317. The number of nitrogens with zero attached hydrogens (tertiary/aromatic N) is 2. The second kappa shape index (κ2) is 8.09. The third-order valence-corrected chi connectivity index (χ3v) is 2.82. The minimum absolute atomic E-state index is 0.741. The molecule has 0 fully saturated rings. The van der Waals surface area contributed by atoms with Crippen LogP contribution in [0.2, 0.25) is 0 Å². The Bertz CT molecular complexity index is 542. The van der Waals surface area contributed by atoms with Crippen molar-refractivity contribution in [2.75, 3.05) is 23.8 Å². The summed E-state index contributed by atoms with van der Waals surface area (Å²) >= 11 is 0. The van der Waals surface area contributed by atoms with Gasteiger partial charge in [-0.2, -0.15) is 0 Å². The number of nitrogens with one attached hydrogen (secondary N) is 2. The van der Waals surface area contributed by atoms with Crippen LogP contribution in [0.3, 0.4) is 0 Å². The highest BCUT2D eigenvalue weighted by Gasteiger charge is 2.00. The maximum Gasteiger partial charge on any atom is 0.135 e. The van der Waals surface area contributed by atoms with Crippen LogP contribution < -0.4 is 15.4 Å². The average molecular weight is 286 g/mol. The molecule has 0 unspecified atom stereocenters. The van der Waals surface area contributed by atoms with E-state index in [1.165, 1.54) is 0 Å². The van der Waals surface area contributed by atoms with Gasteiger partial charge in [-0.3, -0.25) is 0 Å². The first-order valence-electron chi connectivity index (χ1n) is 7.37. The zero-order chi connectivity index (χ0) is 14.9. The van der Waals surface area contributed by atoms with Gasteiger partial charge in [-0.05, 0) is 37.1 Å². The molecule has 1 aromatic heterocycles. The van der Waals surface area contributed by atoms with Crippen molar-refractivity contribution in [3.05, 3.63) is 36.7 Å². The third kappa shape index (κ3) is 4.95. The lowest BCUT2D eigenvalue weighted by Crippen LogP contribution is -2.03. The minimum Gasteiger partial charge on any atom is -0.494 e. The summed E-state index contributed by atoms with van der Waals surface area (Å²) in [5.74, 6) is 2.48. The topological polar surface area (TPSA) is 59.1 Å². The van der Waals surface area contributed by atoms with E-state index in [-0.39, 0.29) is 0 Å². The molecule has 21 heavy (non-hydrogen) atoms. The first-order chi connectivity index (χ1) is 10.3. The van der Waals surface area contributed by atoms with Gasteiger partial charge >= 0.3 is 0 Å². The molecule has 2 aromatic rings. The summed E-state index contributed by atoms with van der Waals surface area (Å²) in [5, 5.41) is 6.50. The van der Waals surface area contributed by atoms with Gasteiger partial charge in [-0.1, -0.05) is 13.8 Å². The number of ether oxygens (including phenoxy) is 1. The fourth-order valence-electron chi connectivity index (χ4n) is 1.78. The van der Waals surface area contributed by atoms with Crippen molar-refractivity contribution in [2.45, 2.75) is 26.7 Å². The standard InChI is InChI=1S/C16H22N4O/c1-3-9-17-15-11-16(19-12-18-15)20-13-5-7-14(8-6-13)21-10-4-2/h5-8,11-12H,3-4,9-10H2,1-2H3,(H2,17,18,19,20). The lowest BCUT2D eigenvalue weighted by atomic mass is 10.3. The van der Waals surface area contributed by atoms with Gasteiger partial charge in [0.1, 0.15) is 23.7 Å². The van der Waals surface area contributed by atoms with Gasteiger partial charge in [0.15, 0.2) is 0 Å². The van der Waals surface area contributed by atoms with Crippen LogP contribution in [-0.2, 0) is 0 Å². The van der Waals surface area contributed by atoms with Crippen LogP contribution in [0.5, 0.6) is 5.75 Å². The second-order valence-corrected chi connectivity index (χ2v) is 4.71. The summed E-state index contributed by atoms with van der Waals surface area (Å²) in [6, 6.07) is 9.76. The van der Waals surface area contributed by atoms with Crippen molar-refractivity contribution in [1.29, 1.82) is 0 Å². The molecule has 2 N–H and O–H groups in total. The van der Waals surface area contributed by atoms with Crippen LogP contribution in [0.1, 0.15) is 26.7 Å². The van der Waals surface area contributed by atoms with Crippen molar-refractivity contribution in [3.63, 3.8) is 0 Å². The monoisotopic (exact) mass is 286 g/mol. The molecule has 0 saturated heterocycles. The summed E-state index contributed by atoms with van der Waals surface area (Å²) in [4.78, 5) is 8.41. The molecule has 0 atom stereocenters. The largest absolute Gasteiger partial charge is 0.494 e. The van der Waals surface area contributed by atoms with E-state index in [4.69, 9.17) is 4.74 Å². The number of aromatic nitrogens is 2. The van der Waals surface area contributed by atoms with Crippen LogP contribution in [0.4, 0.5) is 17.3 Å². The number of rotatable bonds is 8. The van der Waals surface area contributed by atoms with Crippen molar-refractivity contribution in [3.8, 4) is 5.75 Å². The summed E-state index contributed by atoms with van der Waals surface area (Å²) in [6.07, 6.45) is 3.62. The molecular weight excluding hydrogens is 264 g/mol. The Kier molecular flexibility index (Phi) is 5.82. The highest BCUT2D eigenvalue weighted by Crippen LogP contribution is 2.20. The maximum absolute atomic E-state index is 5.56. The molecule has 1 heterocycles. The van der Waals surface area contributed by atoms with Gasteiger partial charge in [0.05, 0.1) is 6.61 Å². The molecule has 0 amide bonds. The summed E-state index contributed by atoms with van der Waals surface area (Å²) in [7, 11) is 0. The van der Waals surface area contributed by atoms with E-state index in [9.17, 15) is 0 Å². The Hall–Kier alpha value is -2.30. The van der Waals surface area contributed by atoms with Gasteiger partial charge < -0.3 is 15.4 Å². The van der Waals surface area contributed by atoms with Crippen molar-refractivity contribution < 1.29 is 4.74 Å². The average Bonchev–Trinajstić information content (AvgIpc) is 2.53.